The number of nitrogens with one attached hydrogen (secondary N) is 2. The molecule has 4 N–H and O–H groups in total. The smallest absolute Gasteiger partial charge is 0.284 e. The highest BCUT2D eigenvalue weighted by Gasteiger charge is 2.58. The van der Waals surface area contributed by atoms with Crippen molar-refractivity contribution in [2.45, 2.75) is 24.7 Å². The van der Waals surface area contributed by atoms with E-state index in [1.165, 1.54) is 24.4 Å². The van der Waals surface area contributed by atoms with Crippen molar-refractivity contribution in [3.63, 3.8) is 0 Å². The number of amidine groups is 1. The van der Waals surface area contributed by atoms with Gasteiger partial charge in [0.05, 0.1) is 16.1 Å². The summed E-state index contributed by atoms with van der Waals surface area (Å²) < 4.78 is 19.7. The average Bonchev–Trinajstić information content (AvgIpc) is 3.36. The lowest BCUT2D eigenvalue weighted by atomic mass is 9.92. The first-order valence-corrected chi connectivity index (χ1v) is 8.61. The van der Waals surface area contributed by atoms with E-state index < -0.39 is 17.3 Å². The molecule has 4 rings (SSSR count). The third-order valence-corrected chi connectivity index (χ3v) is 4.82. The van der Waals surface area contributed by atoms with Gasteiger partial charge in [0.15, 0.2) is 6.23 Å². The van der Waals surface area contributed by atoms with Gasteiger partial charge in [0.2, 0.25) is 0 Å². The van der Waals surface area contributed by atoms with Crippen LogP contribution in [-0.4, -0.2) is 34.2 Å². The summed E-state index contributed by atoms with van der Waals surface area (Å²) in [5.41, 5.74) is 4.60. The lowest BCUT2D eigenvalue weighted by Gasteiger charge is -2.27. The van der Waals surface area contributed by atoms with E-state index in [-0.39, 0.29) is 40.5 Å². The summed E-state index contributed by atoms with van der Waals surface area (Å²) >= 11 is 11.8. The molecule has 2 aliphatic rings. The SMILES string of the molecule is C[C@]1(c2nc(NC(=O)c3ncc(Cl)cc3Cl)ccc2F)N=C(N)O[C@@H]2N[C@@H]21. The molecule has 1 saturated heterocycles. The number of aliphatic imine (C=N–C) groups is 1. The van der Waals surface area contributed by atoms with Crippen LogP contribution in [0.15, 0.2) is 29.4 Å². The summed E-state index contributed by atoms with van der Waals surface area (Å²) in [5, 5.41) is 5.95. The number of carbonyl (C=O) groups excluding carboxylic acids is 1. The second-order valence-corrected chi connectivity index (χ2v) is 7.09. The predicted octanol–water partition coefficient (Wildman–Crippen LogP) is 2.03. The quantitative estimate of drug-likeness (QED) is 0.664. The molecule has 0 aromatic carbocycles. The van der Waals surface area contributed by atoms with E-state index in [0.29, 0.717) is 5.02 Å². The van der Waals surface area contributed by atoms with Crippen molar-refractivity contribution in [3.05, 3.63) is 51.6 Å². The standard InChI is InChI=1S/C16H13Cl2FN6O2/c1-16(12-14(24-12)27-15(20)25-16)11-8(19)2-3-9(22-11)23-13(26)10-7(18)4-6(17)5-21-10/h2-5,12,14,24H,1H3,(H2,20,25)(H,22,23,26)/t12-,14-,16+/m0/s1. The first kappa shape index (κ1) is 17.9. The van der Waals surface area contributed by atoms with Crippen molar-refractivity contribution in [3.8, 4) is 0 Å². The first-order chi connectivity index (χ1) is 12.8. The fourth-order valence-electron chi connectivity index (χ4n) is 2.96. The zero-order valence-electron chi connectivity index (χ0n) is 13.8. The van der Waals surface area contributed by atoms with Gasteiger partial charge < -0.3 is 15.8 Å². The first-order valence-electron chi connectivity index (χ1n) is 7.85. The number of aromatic nitrogens is 2. The van der Waals surface area contributed by atoms with Gasteiger partial charge in [0.1, 0.15) is 28.6 Å². The molecule has 11 heteroatoms. The van der Waals surface area contributed by atoms with Crippen molar-refractivity contribution in [2.75, 3.05) is 5.32 Å². The lowest BCUT2D eigenvalue weighted by molar-refractivity contribution is 0.102. The summed E-state index contributed by atoms with van der Waals surface area (Å²) in [6.45, 7) is 1.69. The number of carbonyl (C=O) groups is 1. The summed E-state index contributed by atoms with van der Waals surface area (Å²) in [7, 11) is 0. The maximum Gasteiger partial charge on any atom is 0.284 e. The molecule has 27 heavy (non-hydrogen) atoms. The second kappa shape index (κ2) is 6.29. The molecule has 1 amide bonds. The number of pyridine rings is 2. The highest BCUT2D eigenvalue weighted by atomic mass is 35.5. The Kier molecular flexibility index (Phi) is 4.17. The number of nitrogens with two attached hydrogens (primary N) is 1. The Hall–Kier alpha value is -2.49. The Morgan fingerprint density at radius 3 is 2.96 bits per heavy atom. The Morgan fingerprint density at radius 1 is 1.44 bits per heavy atom. The van der Waals surface area contributed by atoms with Crippen molar-refractivity contribution >= 4 is 40.9 Å². The molecule has 2 aromatic rings. The lowest BCUT2D eigenvalue weighted by Crippen LogP contribution is -2.39. The number of fused-ring (bicyclic) bond motifs is 1. The Balaban J connectivity index is 1.65. The van der Waals surface area contributed by atoms with Crippen LogP contribution < -0.4 is 16.4 Å². The summed E-state index contributed by atoms with van der Waals surface area (Å²) in [5.74, 6) is -1.07. The fourth-order valence-corrected chi connectivity index (χ4v) is 3.43. The minimum absolute atomic E-state index is 0.0294. The van der Waals surface area contributed by atoms with Crippen LogP contribution in [0.5, 0.6) is 0 Å². The number of halogens is 3. The second-order valence-electron chi connectivity index (χ2n) is 6.25. The van der Waals surface area contributed by atoms with Crippen LogP contribution in [0.1, 0.15) is 23.1 Å². The van der Waals surface area contributed by atoms with Crippen molar-refractivity contribution in [1.82, 2.24) is 15.3 Å². The molecular weight excluding hydrogens is 398 g/mol. The van der Waals surface area contributed by atoms with Crippen LogP contribution in [0.2, 0.25) is 10.0 Å². The summed E-state index contributed by atoms with van der Waals surface area (Å²) in [4.78, 5) is 24.8. The van der Waals surface area contributed by atoms with Gasteiger partial charge in [0.25, 0.3) is 11.9 Å². The fraction of sp³-hybridized carbons (Fsp3) is 0.250. The molecule has 3 atom stereocenters. The zero-order valence-corrected chi connectivity index (χ0v) is 15.3. The minimum atomic E-state index is -1.08. The highest BCUT2D eigenvalue weighted by molar-refractivity contribution is 6.36. The number of amides is 1. The van der Waals surface area contributed by atoms with E-state index in [0.717, 1.165) is 0 Å². The summed E-state index contributed by atoms with van der Waals surface area (Å²) in [6.07, 6.45) is 0.953. The molecule has 2 aliphatic heterocycles. The minimum Gasteiger partial charge on any atom is -0.444 e. The van der Waals surface area contributed by atoms with Crippen LogP contribution in [0.25, 0.3) is 0 Å². The molecule has 140 valence electrons. The maximum absolute atomic E-state index is 14.5. The maximum atomic E-state index is 14.5. The Labute approximate surface area is 162 Å². The van der Waals surface area contributed by atoms with Gasteiger partial charge in [-0.25, -0.2) is 19.4 Å². The van der Waals surface area contributed by atoms with Gasteiger partial charge in [-0.2, -0.15) is 0 Å². The monoisotopic (exact) mass is 410 g/mol. The van der Waals surface area contributed by atoms with Gasteiger partial charge >= 0.3 is 0 Å². The van der Waals surface area contributed by atoms with E-state index >= 15 is 0 Å². The van der Waals surface area contributed by atoms with Crippen LogP contribution in [-0.2, 0) is 10.3 Å². The van der Waals surface area contributed by atoms with E-state index in [2.05, 4.69) is 25.6 Å². The molecule has 1 fully saturated rings. The molecular formula is C16H13Cl2FN6O2. The van der Waals surface area contributed by atoms with E-state index in [1.807, 2.05) is 0 Å². The van der Waals surface area contributed by atoms with Gasteiger partial charge in [-0.1, -0.05) is 23.2 Å². The number of anilines is 1. The molecule has 0 saturated carbocycles. The van der Waals surface area contributed by atoms with Gasteiger partial charge in [-0.15, -0.1) is 0 Å². The molecule has 0 spiro atoms. The number of rotatable bonds is 3. The third kappa shape index (κ3) is 3.18. The predicted molar refractivity (Wildman–Crippen MR) is 97.2 cm³/mol. The average molecular weight is 411 g/mol. The highest BCUT2D eigenvalue weighted by Crippen LogP contribution is 2.41. The normalized spacial score (nSPS) is 25.9. The largest absolute Gasteiger partial charge is 0.444 e. The number of nitrogens with zero attached hydrogens (tertiary/aromatic N) is 3. The van der Waals surface area contributed by atoms with Gasteiger partial charge in [-0.05, 0) is 25.1 Å². The van der Waals surface area contributed by atoms with Crippen LogP contribution >= 0.6 is 23.2 Å². The van der Waals surface area contributed by atoms with Crippen molar-refractivity contribution in [1.29, 1.82) is 0 Å². The van der Waals surface area contributed by atoms with Crippen LogP contribution in [0, 0.1) is 5.82 Å². The zero-order chi connectivity index (χ0) is 19.3. The molecule has 8 nitrogen and oxygen atoms in total. The molecule has 4 heterocycles. The third-order valence-electron chi connectivity index (χ3n) is 4.32. The summed E-state index contributed by atoms with van der Waals surface area (Å²) in [6, 6.07) is 3.59. The molecule has 0 aliphatic carbocycles. The van der Waals surface area contributed by atoms with Crippen LogP contribution in [0.3, 0.4) is 0 Å². The van der Waals surface area contributed by atoms with Gasteiger partial charge in [0, 0.05) is 6.20 Å². The van der Waals surface area contributed by atoms with E-state index in [9.17, 15) is 9.18 Å². The van der Waals surface area contributed by atoms with Crippen molar-refractivity contribution < 1.29 is 13.9 Å². The van der Waals surface area contributed by atoms with Gasteiger partial charge in [-0.3, -0.25) is 10.1 Å². The topological polar surface area (TPSA) is 124 Å². The number of ether oxygens (including phenoxy) is 1. The van der Waals surface area contributed by atoms with E-state index in [4.69, 9.17) is 33.7 Å². The molecule has 2 aromatic heterocycles. The molecule has 0 bridgehead atoms. The molecule has 0 radical (unpaired) electrons. The van der Waals surface area contributed by atoms with E-state index in [1.54, 1.807) is 6.92 Å². The molecule has 0 unspecified atom stereocenters. The Morgan fingerprint density at radius 2 is 2.22 bits per heavy atom. The Bertz CT molecular complexity index is 987. The number of hydrogen-bond acceptors (Lipinski definition) is 7. The number of hydrogen-bond donors (Lipinski definition) is 3. The van der Waals surface area contributed by atoms with Crippen molar-refractivity contribution in [2.24, 2.45) is 10.7 Å². The van der Waals surface area contributed by atoms with Crippen LogP contribution in [0.4, 0.5) is 10.2 Å².